The molecule has 1 unspecified atom stereocenters. The van der Waals surface area contributed by atoms with Crippen LogP contribution in [-0.2, 0) is 14.8 Å². The molecule has 1 atom stereocenters. The predicted octanol–water partition coefficient (Wildman–Crippen LogP) is 4.81. The van der Waals surface area contributed by atoms with Gasteiger partial charge in [0.05, 0.1) is 23.4 Å². The van der Waals surface area contributed by atoms with E-state index in [0.717, 1.165) is 9.87 Å². The Morgan fingerprint density at radius 3 is 2.03 bits per heavy atom. The number of hydrogen-bond acceptors (Lipinski definition) is 4. The summed E-state index contributed by atoms with van der Waals surface area (Å²) in [6.45, 7) is 1.78. The molecule has 172 valence electrons. The molecule has 33 heavy (non-hydrogen) atoms. The molecule has 6 nitrogen and oxygen atoms in total. The van der Waals surface area contributed by atoms with Crippen LogP contribution in [-0.4, -0.2) is 27.6 Å². The van der Waals surface area contributed by atoms with E-state index in [1.807, 2.05) is 0 Å². The number of amides is 1. The van der Waals surface area contributed by atoms with Gasteiger partial charge in [-0.25, -0.2) is 12.7 Å². The highest BCUT2D eigenvalue weighted by Gasteiger charge is 2.53. The van der Waals surface area contributed by atoms with E-state index in [2.05, 4.69) is 0 Å². The molecule has 3 aromatic carbocycles. The lowest BCUT2D eigenvalue weighted by Crippen LogP contribution is -2.47. The van der Waals surface area contributed by atoms with E-state index in [9.17, 15) is 26.4 Å². The zero-order valence-corrected chi connectivity index (χ0v) is 18.4. The van der Waals surface area contributed by atoms with Crippen LogP contribution in [0, 0.1) is 6.92 Å². The molecule has 3 aromatic rings. The number of fused-ring (bicyclic) bond motifs is 1. The zero-order valence-electron chi connectivity index (χ0n) is 17.6. The second-order valence-electron chi connectivity index (χ2n) is 7.42. The molecule has 0 saturated carbocycles. The van der Waals surface area contributed by atoms with E-state index < -0.39 is 28.3 Å². The van der Waals surface area contributed by atoms with E-state index in [4.69, 9.17) is 4.74 Å². The van der Waals surface area contributed by atoms with Gasteiger partial charge < -0.3 is 4.74 Å². The minimum Gasteiger partial charge on any atom is -0.497 e. The third-order valence-corrected chi connectivity index (χ3v) is 7.08. The Morgan fingerprint density at radius 1 is 0.909 bits per heavy atom. The van der Waals surface area contributed by atoms with Gasteiger partial charge in [0.15, 0.2) is 6.17 Å². The number of carbonyl (C=O) groups excluding carboxylic acids is 1. The number of rotatable bonds is 4. The summed E-state index contributed by atoms with van der Waals surface area (Å²) in [5.74, 6) is -1.74. The van der Waals surface area contributed by atoms with Crippen molar-refractivity contribution in [2.45, 2.75) is 24.2 Å². The predicted molar refractivity (Wildman–Crippen MR) is 117 cm³/mol. The highest BCUT2D eigenvalue weighted by molar-refractivity contribution is 7.92. The molecule has 10 heteroatoms. The summed E-state index contributed by atoms with van der Waals surface area (Å²) < 4.78 is 74.2. The molecule has 1 aliphatic heterocycles. The fourth-order valence-electron chi connectivity index (χ4n) is 3.72. The number of alkyl halides is 3. The second-order valence-corrected chi connectivity index (χ2v) is 9.24. The normalized spacial score (nSPS) is 16.0. The van der Waals surface area contributed by atoms with E-state index in [1.54, 1.807) is 19.1 Å². The average molecular weight is 476 g/mol. The van der Waals surface area contributed by atoms with E-state index in [-0.39, 0.29) is 21.8 Å². The van der Waals surface area contributed by atoms with Gasteiger partial charge in [-0.15, -0.1) is 0 Å². The lowest BCUT2D eigenvalue weighted by molar-refractivity contribution is -0.170. The maximum absolute atomic E-state index is 13.7. The smallest absolute Gasteiger partial charge is 0.471 e. The van der Waals surface area contributed by atoms with Crippen LogP contribution in [0.3, 0.4) is 0 Å². The molecule has 1 aliphatic rings. The van der Waals surface area contributed by atoms with Crippen molar-refractivity contribution in [1.82, 2.24) is 0 Å². The first-order chi connectivity index (χ1) is 15.6. The molecule has 0 aromatic heterocycles. The number of ether oxygens (including phenoxy) is 1. The maximum atomic E-state index is 13.7. The molecule has 1 heterocycles. The van der Waals surface area contributed by atoms with Crippen molar-refractivity contribution >= 4 is 27.3 Å². The number of para-hydroxylation sites is 2. The summed E-state index contributed by atoms with van der Waals surface area (Å²) in [6.07, 6.45) is -6.81. The van der Waals surface area contributed by atoms with E-state index in [1.165, 1.54) is 67.8 Å². The summed E-state index contributed by atoms with van der Waals surface area (Å²) in [5.41, 5.74) is 0.796. The van der Waals surface area contributed by atoms with Gasteiger partial charge in [-0.05, 0) is 48.9 Å². The number of hydrogen-bond donors (Lipinski definition) is 0. The Hall–Kier alpha value is -3.53. The van der Waals surface area contributed by atoms with Gasteiger partial charge in [-0.2, -0.15) is 13.2 Å². The topological polar surface area (TPSA) is 66.9 Å². The Kier molecular flexibility index (Phi) is 5.57. The number of anilines is 2. The van der Waals surface area contributed by atoms with E-state index in [0.29, 0.717) is 10.6 Å². The molecule has 4 rings (SSSR count). The summed E-state index contributed by atoms with van der Waals surface area (Å²) in [7, 11) is -2.93. The van der Waals surface area contributed by atoms with Crippen LogP contribution in [0.25, 0.3) is 0 Å². The zero-order chi connectivity index (χ0) is 24.0. The first-order valence-electron chi connectivity index (χ1n) is 9.80. The van der Waals surface area contributed by atoms with Crippen LogP contribution in [0.4, 0.5) is 24.5 Å². The number of nitrogens with zero attached hydrogens (tertiary/aromatic N) is 2. The molecule has 0 spiro atoms. The minimum absolute atomic E-state index is 0.0310. The largest absolute Gasteiger partial charge is 0.497 e. The Morgan fingerprint density at radius 2 is 1.48 bits per heavy atom. The average Bonchev–Trinajstić information content (AvgIpc) is 3.14. The van der Waals surface area contributed by atoms with Crippen molar-refractivity contribution in [3.63, 3.8) is 0 Å². The maximum Gasteiger partial charge on any atom is 0.471 e. The lowest BCUT2D eigenvalue weighted by Gasteiger charge is -2.32. The molecule has 0 saturated heterocycles. The molecular weight excluding hydrogens is 457 g/mol. The first kappa shape index (κ1) is 22.7. The number of methoxy groups -OCH3 is 1. The van der Waals surface area contributed by atoms with Crippen molar-refractivity contribution < 1.29 is 31.1 Å². The van der Waals surface area contributed by atoms with Crippen molar-refractivity contribution in [3.05, 3.63) is 83.9 Å². The molecule has 0 radical (unpaired) electrons. The highest BCUT2D eigenvalue weighted by atomic mass is 32.2. The summed E-state index contributed by atoms with van der Waals surface area (Å²) >= 11 is 0. The third kappa shape index (κ3) is 3.91. The van der Waals surface area contributed by atoms with Gasteiger partial charge >= 0.3 is 12.1 Å². The fraction of sp³-hybridized carbons (Fsp3) is 0.174. The van der Waals surface area contributed by atoms with Crippen LogP contribution in [0.15, 0.2) is 77.7 Å². The molecule has 0 bridgehead atoms. The molecule has 0 fully saturated rings. The summed E-state index contributed by atoms with van der Waals surface area (Å²) in [6, 6.07) is 17.4. The standard InChI is InChI=1S/C23H19F3N2O4S/c1-15-7-13-18(14-8-15)33(30,31)28-20-6-4-3-5-19(20)27(22(29)23(24,25)26)21(28)16-9-11-17(32-2)12-10-16/h3-14,21H,1-2H3. The highest BCUT2D eigenvalue weighted by Crippen LogP contribution is 2.50. The summed E-state index contributed by atoms with van der Waals surface area (Å²) in [5, 5.41) is 0. The van der Waals surface area contributed by atoms with E-state index >= 15 is 0 Å². The monoisotopic (exact) mass is 476 g/mol. The van der Waals surface area contributed by atoms with Gasteiger partial charge in [0.25, 0.3) is 10.0 Å². The number of aryl methyl sites for hydroxylation is 1. The van der Waals surface area contributed by atoms with Crippen LogP contribution in [0.1, 0.15) is 17.3 Å². The van der Waals surface area contributed by atoms with Gasteiger partial charge in [0.2, 0.25) is 0 Å². The molecular formula is C23H19F3N2O4S. The minimum atomic E-state index is -5.22. The van der Waals surface area contributed by atoms with Crippen molar-refractivity contribution in [1.29, 1.82) is 0 Å². The van der Waals surface area contributed by atoms with Crippen molar-refractivity contribution in [2.75, 3.05) is 16.3 Å². The van der Waals surface area contributed by atoms with Gasteiger partial charge in [0.1, 0.15) is 5.75 Å². The van der Waals surface area contributed by atoms with Crippen LogP contribution in [0.2, 0.25) is 0 Å². The quantitative estimate of drug-likeness (QED) is 0.542. The Labute approximate surface area is 188 Å². The fourth-order valence-corrected chi connectivity index (χ4v) is 5.32. The molecule has 0 aliphatic carbocycles. The second kappa shape index (κ2) is 8.11. The van der Waals surface area contributed by atoms with Gasteiger partial charge in [-0.1, -0.05) is 42.0 Å². The van der Waals surface area contributed by atoms with Crippen LogP contribution < -0.4 is 13.9 Å². The third-order valence-electron chi connectivity index (χ3n) is 5.30. The van der Waals surface area contributed by atoms with Crippen LogP contribution in [0.5, 0.6) is 5.75 Å². The van der Waals surface area contributed by atoms with Crippen LogP contribution >= 0.6 is 0 Å². The lowest BCUT2D eigenvalue weighted by atomic mass is 10.1. The SMILES string of the molecule is COc1ccc(C2N(C(=O)C(F)(F)F)c3ccccc3N2S(=O)(=O)c2ccc(C)cc2)cc1. The number of carbonyl (C=O) groups is 1. The Bertz CT molecular complexity index is 1290. The van der Waals surface area contributed by atoms with Crippen molar-refractivity contribution in [3.8, 4) is 5.75 Å². The van der Waals surface area contributed by atoms with Gasteiger partial charge in [0, 0.05) is 0 Å². The number of sulfonamides is 1. The first-order valence-corrected chi connectivity index (χ1v) is 11.2. The number of benzene rings is 3. The molecule has 1 amide bonds. The Balaban J connectivity index is 1.97. The van der Waals surface area contributed by atoms with Crippen molar-refractivity contribution in [2.24, 2.45) is 0 Å². The van der Waals surface area contributed by atoms with Gasteiger partial charge in [-0.3, -0.25) is 9.69 Å². The summed E-state index contributed by atoms with van der Waals surface area (Å²) in [4.78, 5) is 12.9. The number of halogens is 3. The molecule has 0 N–H and O–H groups in total.